The lowest BCUT2D eigenvalue weighted by Crippen LogP contribution is -2.33. The molecule has 0 heterocycles. The van der Waals surface area contributed by atoms with Crippen molar-refractivity contribution in [2.45, 2.75) is 52.1 Å². The van der Waals surface area contributed by atoms with Gasteiger partial charge in [0.15, 0.2) is 0 Å². The third-order valence-corrected chi connectivity index (χ3v) is 4.30. The summed E-state index contributed by atoms with van der Waals surface area (Å²) in [6.07, 6.45) is 3.59. The summed E-state index contributed by atoms with van der Waals surface area (Å²) in [6.45, 7) is 8.75. The molecule has 0 bridgehead atoms. The summed E-state index contributed by atoms with van der Waals surface area (Å²) in [5.41, 5.74) is 1.22. The minimum Gasteiger partial charge on any atom is -0.310 e. The summed E-state index contributed by atoms with van der Waals surface area (Å²) in [6, 6.07) is 9.15. The van der Waals surface area contributed by atoms with Crippen LogP contribution in [0, 0.1) is 0 Å². The normalized spacial score (nSPS) is 14.5. The van der Waals surface area contributed by atoms with Gasteiger partial charge in [-0.2, -0.15) is 0 Å². The Morgan fingerprint density at radius 2 is 1.90 bits per heavy atom. The van der Waals surface area contributed by atoms with Crippen molar-refractivity contribution in [1.29, 1.82) is 0 Å². The second kappa shape index (κ2) is 9.38. The van der Waals surface area contributed by atoms with Crippen molar-refractivity contribution in [1.82, 2.24) is 10.2 Å². The molecular weight excluding hydrogens is 268 g/mol. The predicted octanol–water partition coefficient (Wildman–Crippen LogP) is 4.50. The molecule has 20 heavy (non-hydrogen) atoms. The second-order valence-corrected chi connectivity index (χ2v) is 5.95. The molecule has 2 atom stereocenters. The monoisotopic (exact) mass is 296 g/mol. The van der Waals surface area contributed by atoms with Gasteiger partial charge in [-0.05, 0) is 51.5 Å². The zero-order chi connectivity index (χ0) is 15.0. The van der Waals surface area contributed by atoms with Crippen molar-refractivity contribution >= 4 is 11.6 Å². The van der Waals surface area contributed by atoms with Gasteiger partial charge in [-0.1, -0.05) is 50.1 Å². The Bertz CT molecular complexity index is 381. The van der Waals surface area contributed by atoms with Gasteiger partial charge in [0, 0.05) is 17.1 Å². The van der Waals surface area contributed by atoms with E-state index in [0.29, 0.717) is 12.1 Å². The largest absolute Gasteiger partial charge is 0.310 e. The van der Waals surface area contributed by atoms with E-state index in [-0.39, 0.29) is 0 Å². The molecule has 0 aromatic heterocycles. The van der Waals surface area contributed by atoms with Crippen LogP contribution in [0.5, 0.6) is 0 Å². The first-order valence-corrected chi connectivity index (χ1v) is 8.15. The van der Waals surface area contributed by atoms with Crippen LogP contribution in [0.15, 0.2) is 24.3 Å². The summed E-state index contributed by atoms with van der Waals surface area (Å²) >= 11 is 6.33. The van der Waals surface area contributed by atoms with Crippen molar-refractivity contribution in [3.63, 3.8) is 0 Å². The Morgan fingerprint density at radius 1 is 1.20 bits per heavy atom. The summed E-state index contributed by atoms with van der Waals surface area (Å²) in [5, 5.41) is 4.42. The van der Waals surface area contributed by atoms with Crippen LogP contribution in [0.3, 0.4) is 0 Å². The van der Waals surface area contributed by atoms with Crippen LogP contribution in [0.25, 0.3) is 0 Å². The minimum atomic E-state index is 0.338. The molecule has 2 nitrogen and oxygen atoms in total. The molecule has 3 heteroatoms. The molecule has 0 amide bonds. The van der Waals surface area contributed by atoms with E-state index in [1.54, 1.807) is 0 Å². The van der Waals surface area contributed by atoms with Gasteiger partial charge in [0.2, 0.25) is 0 Å². The van der Waals surface area contributed by atoms with Gasteiger partial charge in [-0.3, -0.25) is 0 Å². The fourth-order valence-electron chi connectivity index (χ4n) is 2.56. The number of hydrogen-bond donors (Lipinski definition) is 1. The first-order chi connectivity index (χ1) is 9.60. The summed E-state index contributed by atoms with van der Waals surface area (Å²) < 4.78 is 0. The summed E-state index contributed by atoms with van der Waals surface area (Å²) in [4.78, 5) is 2.45. The van der Waals surface area contributed by atoms with Gasteiger partial charge in [-0.25, -0.2) is 0 Å². The van der Waals surface area contributed by atoms with Gasteiger partial charge >= 0.3 is 0 Å². The van der Waals surface area contributed by atoms with E-state index in [2.05, 4.69) is 50.2 Å². The van der Waals surface area contributed by atoms with Crippen molar-refractivity contribution in [2.24, 2.45) is 0 Å². The van der Waals surface area contributed by atoms with Crippen molar-refractivity contribution in [3.05, 3.63) is 34.9 Å². The van der Waals surface area contributed by atoms with E-state index in [9.17, 15) is 0 Å². The van der Waals surface area contributed by atoms with E-state index in [1.807, 2.05) is 12.1 Å². The maximum absolute atomic E-state index is 6.33. The Balaban J connectivity index is 2.62. The average molecular weight is 297 g/mol. The number of hydrogen-bond acceptors (Lipinski definition) is 2. The lowest BCUT2D eigenvalue weighted by atomic mass is 10.0. The average Bonchev–Trinajstić information content (AvgIpc) is 2.44. The fourth-order valence-corrected chi connectivity index (χ4v) is 2.83. The maximum atomic E-state index is 6.33. The highest BCUT2D eigenvalue weighted by atomic mass is 35.5. The number of nitrogens with zero attached hydrogens (tertiary/aromatic N) is 1. The number of benzene rings is 1. The highest BCUT2D eigenvalue weighted by molar-refractivity contribution is 6.31. The van der Waals surface area contributed by atoms with Crippen LogP contribution >= 0.6 is 11.6 Å². The van der Waals surface area contributed by atoms with Gasteiger partial charge in [0.1, 0.15) is 0 Å². The number of nitrogens with one attached hydrogen (secondary N) is 1. The van der Waals surface area contributed by atoms with E-state index >= 15 is 0 Å². The zero-order valence-electron chi connectivity index (χ0n) is 13.3. The van der Waals surface area contributed by atoms with Crippen molar-refractivity contribution in [2.75, 3.05) is 20.1 Å². The molecule has 0 radical (unpaired) electrons. The van der Waals surface area contributed by atoms with Gasteiger partial charge in [0.05, 0.1) is 0 Å². The van der Waals surface area contributed by atoms with Crippen LogP contribution in [-0.2, 0) is 0 Å². The molecule has 1 aromatic carbocycles. The van der Waals surface area contributed by atoms with Crippen LogP contribution < -0.4 is 5.32 Å². The molecule has 0 spiro atoms. The second-order valence-electron chi connectivity index (χ2n) is 5.54. The van der Waals surface area contributed by atoms with E-state index in [0.717, 1.165) is 24.5 Å². The van der Waals surface area contributed by atoms with Crippen LogP contribution in [0.4, 0.5) is 0 Å². The summed E-state index contributed by atoms with van der Waals surface area (Å²) in [7, 11) is 2.22. The van der Waals surface area contributed by atoms with Crippen molar-refractivity contribution in [3.8, 4) is 0 Å². The molecule has 0 aliphatic carbocycles. The van der Waals surface area contributed by atoms with Crippen LogP contribution in [0.1, 0.15) is 51.6 Å². The minimum absolute atomic E-state index is 0.338. The quantitative estimate of drug-likeness (QED) is 0.722. The van der Waals surface area contributed by atoms with Crippen LogP contribution in [0.2, 0.25) is 5.02 Å². The molecule has 0 aliphatic rings. The SMILES string of the molecule is CCCC(C)N(C)CCC(NCC)c1ccccc1Cl. The lowest BCUT2D eigenvalue weighted by Gasteiger charge is -2.27. The third kappa shape index (κ3) is 5.43. The highest BCUT2D eigenvalue weighted by Crippen LogP contribution is 2.25. The predicted molar refractivity (Wildman–Crippen MR) is 89.5 cm³/mol. The Morgan fingerprint density at radius 3 is 2.50 bits per heavy atom. The molecule has 0 aliphatic heterocycles. The first-order valence-electron chi connectivity index (χ1n) is 7.78. The lowest BCUT2D eigenvalue weighted by molar-refractivity contribution is 0.231. The Labute approximate surface area is 129 Å². The number of rotatable bonds is 9. The third-order valence-electron chi connectivity index (χ3n) is 3.96. The van der Waals surface area contributed by atoms with E-state index in [1.165, 1.54) is 18.4 Å². The smallest absolute Gasteiger partial charge is 0.0453 e. The first kappa shape index (κ1) is 17.5. The van der Waals surface area contributed by atoms with Gasteiger partial charge in [-0.15, -0.1) is 0 Å². The van der Waals surface area contributed by atoms with Crippen LogP contribution in [-0.4, -0.2) is 31.1 Å². The molecule has 0 saturated carbocycles. The van der Waals surface area contributed by atoms with Crippen molar-refractivity contribution < 1.29 is 0 Å². The molecule has 114 valence electrons. The summed E-state index contributed by atoms with van der Waals surface area (Å²) in [5.74, 6) is 0. The Hall–Kier alpha value is -0.570. The molecule has 1 rings (SSSR count). The standard InChI is InChI=1S/C17H29ClN2/c1-5-9-14(3)20(4)13-12-17(19-6-2)15-10-7-8-11-16(15)18/h7-8,10-11,14,17,19H,5-6,9,12-13H2,1-4H3. The maximum Gasteiger partial charge on any atom is 0.0453 e. The van der Waals surface area contributed by atoms with Gasteiger partial charge in [0.25, 0.3) is 0 Å². The van der Waals surface area contributed by atoms with Gasteiger partial charge < -0.3 is 10.2 Å². The number of halogens is 1. The zero-order valence-corrected chi connectivity index (χ0v) is 14.1. The topological polar surface area (TPSA) is 15.3 Å². The van der Waals surface area contributed by atoms with E-state index < -0.39 is 0 Å². The molecule has 1 aromatic rings. The molecule has 2 unspecified atom stereocenters. The van der Waals surface area contributed by atoms with E-state index in [4.69, 9.17) is 11.6 Å². The Kier molecular flexibility index (Phi) is 8.20. The molecular formula is C17H29ClN2. The highest BCUT2D eigenvalue weighted by Gasteiger charge is 2.15. The fraction of sp³-hybridized carbons (Fsp3) is 0.647. The molecule has 1 N–H and O–H groups in total. The molecule has 0 fully saturated rings. The molecule has 0 saturated heterocycles.